The maximum Gasteiger partial charge on any atom is 0.238 e. The number of hydrogen-bond donors (Lipinski definition) is 1. The fourth-order valence-corrected chi connectivity index (χ4v) is 4.90. The first kappa shape index (κ1) is 20.1. The molecule has 6 heteroatoms. The molecule has 2 unspecified atom stereocenters. The summed E-state index contributed by atoms with van der Waals surface area (Å²) in [6, 6.07) is 16.0. The third-order valence-corrected chi connectivity index (χ3v) is 6.47. The van der Waals surface area contributed by atoms with E-state index in [-0.39, 0.29) is 23.0 Å². The standard InChI is InChI=1S/C24H23N3O2S/c1-5-13-29-20-11-9-18(10-12-20)22-21-16(3)26-27(19-8-6-7-15(2)14-19)23(21)25-24(28)17(4)30-22/h1,6-12,14,17,22H,13H2,2-4H3,(H,25,28). The molecule has 2 aromatic carbocycles. The van der Waals surface area contributed by atoms with E-state index in [0.717, 1.165) is 39.6 Å². The molecule has 0 saturated heterocycles. The molecular formula is C24H23N3O2S. The number of amides is 1. The minimum Gasteiger partial charge on any atom is -0.481 e. The van der Waals surface area contributed by atoms with Crippen molar-refractivity contribution in [1.82, 2.24) is 9.78 Å². The van der Waals surface area contributed by atoms with Crippen LogP contribution in [0, 0.1) is 26.2 Å². The van der Waals surface area contributed by atoms with Gasteiger partial charge in [0.2, 0.25) is 5.91 Å². The SMILES string of the molecule is C#CCOc1ccc(C2SC(C)C(=O)Nc3c2c(C)nn3-c2cccc(C)c2)cc1. The number of thioether (sulfide) groups is 1. The molecule has 2 atom stereocenters. The zero-order valence-corrected chi connectivity index (χ0v) is 18.0. The van der Waals surface area contributed by atoms with E-state index >= 15 is 0 Å². The lowest BCUT2D eigenvalue weighted by Crippen LogP contribution is -2.22. The second kappa shape index (κ2) is 8.29. The fraction of sp³-hybridized carbons (Fsp3) is 0.250. The van der Waals surface area contributed by atoms with Gasteiger partial charge < -0.3 is 10.1 Å². The van der Waals surface area contributed by atoms with E-state index in [0.29, 0.717) is 0 Å². The van der Waals surface area contributed by atoms with Gasteiger partial charge in [0.15, 0.2) is 0 Å². The molecule has 0 bridgehead atoms. The second-order valence-corrected chi connectivity index (χ2v) is 8.76. The van der Waals surface area contributed by atoms with Crippen LogP contribution < -0.4 is 10.1 Å². The van der Waals surface area contributed by atoms with Gasteiger partial charge in [0.05, 0.1) is 21.9 Å². The molecule has 152 valence electrons. The van der Waals surface area contributed by atoms with Gasteiger partial charge in [0.1, 0.15) is 18.2 Å². The Balaban J connectivity index is 1.81. The van der Waals surface area contributed by atoms with Crippen LogP contribution in [0.4, 0.5) is 5.82 Å². The van der Waals surface area contributed by atoms with Crippen LogP contribution in [-0.4, -0.2) is 27.5 Å². The largest absolute Gasteiger partial charge is 0.481 e. The summed E-state index contributed by atoms with van der Waals surface area (Å²) in [5.41, 5.74) is 5.07. The average molecular weight is 418 g/mol. The minimum absolute atomic E-state index is 0.0217. The summed E-state index contributed by atoms with van der Waals surface area (Å²) in [5.74, 6) is 3.91. The van der Waals surface area contributed by atoms with Crippen LogP contribution in [0.2, 0.25) is 0 Å². The van der Waals surface area contributed by atoms with Gasteiger partial charge in [-0.05, 0) is 56.2 Å². The smallest absolute Gasteiger partial charge is 0.238 e. The van der Waals surface area contributed by atoms with E-state index in [9.17, 15) is 4.79 Å². The quantitative estimate of drug-likeness (QED) is 0.627. The van der Waals surface area contributed by atoms with Crippen LogP contribution in [0.3, 0.4) is 0 Å². The zero-order valence-electron chi connectivity index (χ0n) is 17.2. The Bertz CT molecular complexity index is 1130. The number of rotatable bonds is 4. The third-order valence-electron chi connectivity index (χ3n) is 5.07. The van der Waals surface area contributed by atoms with Crippen molar-refractivity contribution in [1.29, 1.82) is 0 Å². The number of nitrogens with zero attached hydrogens (tertiary/aromatic N) is 2. The summed E-state index contributed by atoms with van der Waals surface area (Å²) in [6.07, 6.45) is 5.27. The molecule has 1 aromatic heterocycles. The zero-order chi connectivity index (χ0) is 21.3. The highest BCUT2D eigenvalue weighted by Crippen LogP contribution is 2.46. The topological polar surface area (TPSA) is 56.1 Å². The maximum absolute atomic E-state index is 12.8. The molecule has 0 saturated carbocycles. The Hall–Kier alpha value is -3.17. The monoisotopic (exact) mass is 417 g/mol. The highest BCUT2D eigenvalue weighted by Gasteiger charge is 2.34. The van der Waals surface area contributed by atoms with Crippen LogP contribution in [0.1, 0.15) is 34.6 Å². The summed E-state index contributed by atoms with van der Waals surface area (Å²) in [6.45, 7) is 6.20. The second-order valence-electron chi connectivity index (χ2n) is 7.31. The van der Waals surface area contributed by atoms with Crippen molar-refractivity contribution in [2.45, 2.75) is 31.3 Å². The Morgan fingerprint density at radius 3 is 2.70 bits per heavy atom. The van der Waals surface area contributed by atoms with Gasteiger partial charge in [0.25, 0.3) is 0 Å². The Labute approximate surface area is 180 Å². The van der Waals surface area contributed by atoms with E-state index in [1.165, 1.54) is 0 Å². The number of ether oxygens (including phenoxy) is 1. The molecule has 1 aliphatic rings. The highest BCUT2D eigenvalue weighted by molar-refractivity contribution is 8.01. The van der Waals surface area contributed by atoms with Gasteiger partial charge in [-0.1, -0.05) is 30.2 Å². The van der Waals surface area contributed by atoms with Crippen molar-refractivity contribution in [2.24, 2.45) is 0 Å². The first-order valence-electron chi connectivity index (χ1n) is 9.77. The van der Waals surface area contributed by atoms with Crippen molar-refractivity contribution in [3.8, 4) is 23.8 Å². The van der Waals surface area contributed by atoms with Gasteiger partial charge in [-0.2, -0.15) is 5.10 Å². The number of carbonyl (C=O) groups is 1. The molecule has 1 N–H and O–H groups in total. The first-order valence-corrected chi connectivity index (χ1v) is 10.7. The van der Waals surface area contributed by atoms with Crippen LogP contribution in [0.5, 0.6) is 5.75 Å². The molecule has 1 amide bonds. The number of benzene rings is 2. The predicted octanol–water partition coefficient (Wildman–Crippen LogP) is 4.66. The van der Waals surface area contributed by atoms with Crippen molar-refractivity contribution in [2.75, 3.05) is 11.9 Å². The summed E-state index contributed by atoms with van der Waals surface area (Å²) in [7, 11) is 0. The number of aryl methyl sites for hydroxylation is 2. The van der Waals surface area contributed by atoms with Crippen LogP contribution in [0.25, 0.3) is 5.69 Å². The van der Waals surface area contributed by atoms with Gasteiger partial charge in [-0.25, -0.2) is 4.68 Å². The van der Waals surface area contributed by atoms with E-state index < -0.39 is 0 Å². The summed E-state index contributed by atoms with van der Waals surface area (Å²) < 4.78 is 7.34. The molecule has 30 heavy (non-hydrogen) atoms. The number of terminal acetylenes is 1. The first-order chi connectivity index (χ1) is 14.5. The lowest BCUT2D eigenvalue weighted by atomic mass is 10.0. The van der Waals surface area contributed by atoms with Crippen molar-refractivity contribution in [3.63, 3.8) is 0 Å². The molecule has 0 radical (unpaired) electrons. The fourth-order valence-electron chi connectivity index (χ4n) is 3.58. The number of hydrogen-bond acceptors (Lipinski definition) is 4. The average Bonchev–Trinajstić information content (AvgIpc) is 2.99. The molecule has 0 aliphatic carbocycles. The molecule has 3 aromatic rings. The van der Waals surface area contributed by atoms with Gasteiger partial charge in [-0.3, -0.25) is 4.79 Å². The van der Waals surface area contributed by atoms with Crippen LogP contribution >= 0.6 is 11.8 Å². The Kier molecular flexibility index (Phi) is 5.56. The molecule has 1 aliphatic heterocycles. The van der Waals surface area contributed by atoms with E-state index in [2.05, 4.69) is 17.3 Å². The molecule has 4 rings (SSSR count). The molecule has 2 heterocycles. The van der Waals surface area contributed by atoms with Gasteiger partial charge in [0, 0.05) is 5.56 Å². The maximum atomic E-state index is 12.8. The predicted molar refractivity (Wildman–Crippen MR) is 121 cm³/mol. The van der Waals surface area contributed by atoms with Crippen LogP contribution in [0.15, 0.2) is 48.5 Å². The van der Waals surface area contributed by atoms with Crippen molar-refractivity contribution < 1.29 is 9.53 Å². The van der Waals surface area contributed by atoms with E-state index in [1.54, 1.807) is 11.8 Å². The van der Waals surface area contributed by atoms with Gasteiger partial charge >= 0.3 is 0 Å². The number of aromatic nitrogens is 2. The van der Waals surface area contributed by atoms with Crippen molar-refractivity contribution in [3.05, 3.63) is 70.9 Å². The number of nitrogens with one attached hydrogen (secondary N) is 1. The lowest BCUT2D eigenvalue weighted by molar-refractivity contribution is -0.115. The molecule has 0 spiro atoms. The Morgan fingerprint density at radius 2 is 2.00 bits per heavy atom. The summed E-state index contributed by atoms with van der Waals surface area (Å²) in [4.78, 5) is 12.8. The Morgan fingerprint density at radius 1 is 1.23 bits per heavy atom. The number of anilines is 1. The molecule has 0 fully saturated rings. The lowest BCUT2D eigenvalue weighted by Gasteiger charge is -2.18. The van der Waals surface area contributed by atoms with Crippen LogP contribution in [-0.2, 0) is 4.79 Å². The summed E-state index contributed by atoms with van der Waals surface area (Å²) >= 11 is 1.62. The highest BCUT2D eigenvalue weighted by atomic mass is 32.2. The van der Waals surface area contributed by atoms with Gasteiger partial charge in [-0.15, -0.1) is 18.2 Å². The number of carbonyl (C=O) groups excluding carboxylic acids is 1. The molecule has 5 nitrogen and oxygen atoms in total. The summed E-state index contributed by atoms with van der Waals surface area (Å²) in [5, 5.41) is 7.66. The molecular weight excluding hydrogens is 394 g/mol. The van der Waals surface area contributed by atoms with Crippen molar-refractivity contribution >= 4 is 23.5 Å². The third kappa shape index (κ3) is 3.81. The van der Waals surface area contributed by atoms with E-state index in [1.807, 2.05) is 67.9 Å². The van der Waals surface area contributed by atoms with E-state index in [4.69, 9.17) is 16.3 Å². The number of fused-ring (bicyclic) bond motifs is 1. The normalized spacial score (nSPS) is 18.1. The minimum atomic E-state index is -0.204.